The summed E-state index contributed by atoms with van der Waals surface area (Å²) in [7, 11) is 0. The van der Waals surface area contributed by atoms with Crippen molar-refractivity contribution in [2.75, 3.05) is 0 Å². The maximum Gasteiger partial charge on any atom is 0.416 e. The normalized spacial score (nSPS) is 12.4. The smallest absolute Gasteiger partial charge is 0.416 e. The van der Waals surface area contributed by atoms with E-state index in [0.29, 0.717) is 15.6 Å². The topological polar surface area (TPSA) is 88.5 Å². The van der Waals surface area contributed by atoms with Crippen molar-refractivity contribution in [3.63, 3.8) is 0 Å². The van der Waals surface area contributed by atoms with Crippen molar-refractivity contribution in [2.45, 2.75) is 19.1 Å². The van der Waals surface area contributed by atoms with Gasteiger partial charge in [0.15, 0.2) is 5.69 Å². The number of carbonyl (C=O) groups excluding carboxylic acids is 1. The number of rotatable bonds is 6. The average molecular weight is 486 g/mol. The van der Waals surface area contributed by atoms with E-state index in [-0.39, 0.29) is 22.8 Å². The van der Waals surface area contributed by atoms with Gasteiger partial charge in [0.2, 0.25) is 0 Å². The average Bonchev–Trinajstić information content (AvgIpc) is 3.24. The summed E-state index contributed by atoms with van der Waals surface area (Å²) in [4.78, 5) is 24.0. The van der Waals surface area contributed by atoms with E-state index in [0.717, 1.165) is 23.7 Å². The Kier molecular flexibility index (Phi) is 6.25. The molecule has 2 N–H and O–H groups in total. The summed E-state index contributed by atoms with van der Waals surface area (Å²) in [6.45, 7) is 1.74. The molecule has 0 aliphatic rings. The second-order valence-electron chi connectivity index (χ2n) is 7.41. The summed E-state index contributed by atoms with van der Waals surface area (Å²) in [5, 5.41) is 12.2. The molecule has 10 heteroatoms. The highest BCUT2D eigenvalue weighted by atomic mass is 32.1. The molecule has 4 rings (SSSR count). The molecule has 0 aliphatic heterocycles. The van der Waals surface area contributed by atoms with Gasteiger partial charge in [0.25, 0.3) is 5.91 Å². The number of aromatic nitrogens is 1. The van der Waals surface area contributed by atoms with Crippen molar-refractivity contribution < 1.29 is 32.6 Å². The number of aromatic carboxylic acids is 1. The minimum atomic E-state index is -4.51. The zero-order valence-electron chi connectivity index (χ0n) is 17.6. The summed E-state index contributed by atoms with van der Waals surface area (Å²) in [5.41, 5.74) is 0.0559. The summed E-state index contributed by atoms with van der Waals surface area (Å²) in [6.07, 6.45) is -4.51. The summed E-state index contributed by atoms with van der Waals surface area (Å²) >= 11 is 1.07. The molecule has 4 aromatic rings. The Hall–Kier alpha value is -3.92. The van der Waals surface area contributed by atoms with Gasteiger partial charge in [0.05, 0.1) is 27.3 Å². The van der Waals surface area contributed by atoms with E-state index < -0.39 is 29.7 Å². The molecule has 0 saturated carbocycles. The molecule has 1 atom stereocenters. The fourth-order valence-corrected chi connectivity index (χ4v) is 4.12. The van der Waals surface area contributed by atoms with Crippen LogP contribution in [0.3, 0.4) is 0 Å². The fraction of sp³-hybridized carbons (Fsp3) is 0.125. The van der Waals surface area contributed by atoms with Crippen molar-refractivity contribution in [1.82, 2.24) is 9.69 Å². The third kappa shape index (κ3) is 4.86. The highest BCUT2D eigenvalue weighted by Crippen LogP contribution is 2.37. The number of nitrogens with zero attached hydrogens (tertiary/aromatic N) is 1. The van der Waals surface area contributed by atoms with E-state index >= 15 is 0 Å². The zero-order chi connectivity index (χ0) is 24.5. The van der Waals surface area contributed by atoms with Crippen molar-refractivity contribution in [1.29, 1.82) is 0 Å². The van der Waals surface area contributed by atoms with Crippen LogP contribution in [0.2, 0.25) is 0 Å². The third-order valence-electron chi connectivity index (χ3n) is 5.07. The predicted molar refractivity (Wildman–Crippen MR) is 120 cm³/mol. The van der Waals surface area contributed by atoms with Crippen molar-refractivity contribution >= 4 is 33.5 Å². The van der Waals surface area contributed by atoms with Crippen LogP contribution in [0.1, 0.15) is 44.9 Å². The van der Waals surface area contributed by atoms with Gasteiger partial charge in [-0.2, -0.15) is 17.5 Å². The lowest BCUT2D eigenvalue weighted by atomic mass is 10.1. The van der Waals surface area contributed by atoms with E-state index in [1.807, 2.05) is 0 Å². The van der Waals surface area contributed by atoms with Gasteiger partial charge in [0, 0.05) is 0 Å². The minimum absolute atomic E-state index is 0.0215. The molecule has 0 radical (unpaired) electrons. The SMILES string of the molecule is CC(NC(=O)c1nsc2cccc(Oc3cccc(C(F)(F)F)c3)c12)c1ccc(C(=O)O)cc1. The number of hydrogen-bond donors (Lipinski definition) is 2. The quantitative estimate of drug-likeness (QED) is 0.334. The molecule has 0 spiro atoms. The highest BCUT2D eigenvalue weighted by Gasteiger charge is 2.30. The van der Waals surface area contributed by atoms with Crippen LogP contribution in [0.4, 0.5) is 13.2 Å². The van der Waals surface area contributed by atoms with Crippen LogP contribution >= 0.6 is 11.5 Å². The van der Waals surface area contributed by atoms with Crippen LogP contribution in [0.25, 0.3) is 10.1 Å². The zero-order valence-corrected chi connectivity index (χ0v) is 18.4. The fourth-order valence-electron chi connectivity index (χ4n) is 3.33. The number of hydrogen-bond acceptors (Lipinski definition) is 5. The Bertz CT molecular complexity index is 1370. The number of amides is 1. The molecule has 0 bridgehead atoms. The number of carboxylic acids is 1. The number of fused-ring (bicyclic) bond motifs is 1. The Morgan fingerprint density at radius 3 is 2.44 bits per heavy atom. The number of benzene rings is 3. The van der Waals surface area contributed by atoms with Gasteiger partial charge in [-0.05, 0) is 66.5 Å². The second kappa shape index (κ2) is 9.14. The number of ether oxygens (including phenoxy) is 1. The lowest BCUT2D eigenvalue weighted by Gasteiger charge is -2.14. The van der Waals surface area contributed by atoms with Gasteiger partial charge in [-0.3, -0.25) is 4.79 Å². The molecular weight excluding hydrogens is 469 g/mol. The van der Waals surface area contributed by atoms with Crippen LogP contribution < -0.4 is 10.1 Å². The van der Waals surface area contributed by atoms with Gasteiger partial charge in [-0.25, -0.2) is 4.79 Å². The van der Waals surface area contributed by atoms with Crippen molar-refractivity contribution in [3.8, 4) is 11.5 Å². The number of carboxylic acid groups (broad SMARTS) is 1. The lowest BCUT2D eigenvalue weighted by Crippen LogP contribution is -2.27. The predicted octanol–water partition coefficient (Wildman–Crippen LogP) is 6.30. The Balaban J connectivity index is 1.60. The maximum absolute atomic E-state index is 13.1. The molecule has 1 aromatic heterocycles. The van der Waals surface area contributed by atoms with Crippen molar-refractivity contribution in [3.05, 3.63) is 89.1 Å². The van der Waals surface area contributed by atoms with Crippen LogP contribution in [0.5, 0.6) is 11.5 Å². The first kappa shape index (κ1) is 23.2. The summed E-state index contributed by atoms with van der Waals surface area (Å²) in [6, 6.07) is 15.1. The van der Waals surface area contributed by atoms with Crippen LogP contribution in [0, 0.1) is 0 Å². The summed E-state index contributed by atoms with van der Waals surface area (Å²) < 4.78 is 49.8. The maximum atomic E-state index is 13.1. The Morgan fingerprint density at radius 2 is 1.76 bits per heavy atom. The lowest BCUT2D eigenvalue weighted by molar-refractivity contribution is -0.137. The molecule has 0 fully saturated rings. The van der Waals surface area contributed by atoms with Crippen molar-refractivity contribution in [2.24, 2.45) is 0 Å². The molecule has 34 heavy (non-hydrogen) atoms. The number of halogens is 3. The molecule has 174 valence electrons. The van der Waals surface area contributed by atoms with E-state index in [4.69, 9.17) is 9.84 Å². The molecular formula is C24H17F3N2O4S. The Morgan fingerprint density at radius 1 is 1.06 bits per heavy atom. The van der Waals surface area contributed by atoms with E-state index in [9.17, 15) is 22.8 Å². The number of carbonyl (C=O) groups is 2. The first-order chi connectivity index (χ1) is 16.1. The molecule has 1 unspecified atom stereocenters. The number of nitrogens with one attached hydrogen (secondary N) is 1. The Labute approximate surface area is 195 Å². The summed E-state index contributed by atoms with van der Waals surface area (Å²) in [5.74, 6) is -1.37. The largest absolute Gasteiger partial charge is 0.478 e. The van der Waals surface area contributed by atoms with Crippen LogP contribution in [-0.2, 0) is 6.18 Å². The van der Waals surface area contributed by atoms with Gasteiger partial charge in [0.1, 0.15) is 11.5 Å². The van der Waals surface area contributed by atoms with Crippen LogP contribution in [-0.4, -0.2) is 21.4 Å². The molecule has 1 heterocycles. The standard InChI is InChI=1S/C24H17F3N2O4S/c1-13(14-8-10-15(11-9-14)23(31)32)28-22(30)21-20-18(6-3-7-19(20)34-29-21)33-17-5-2-4-16(12-17)24(25,26)27/h2-13H,1H3,(H,28,30)(H,31,32). The molecule has 6 nitrogen and oxygen atoms in total. The van der Waals surface area contributed by atoms with E-state index in [1.165, 1.54) is 24.3 Å². The van der Waals surface area contributed by atoms with Gasteiger partial charge in [-0.1, -0.05) is 24.3 Å². The molecule has 3 aromatic carbocycles. The second-order valence-corrected chi connectivity index (χ2v) is 8.22. The monoisotopic (exact) mass is 486 g/mol. The van der Waals surface area contributed by atoms with E-state index in [1.54, 1.807) is 37.3 Å². The molecule has 0 saturated heterocycles. The van der Waals surface area contributed by atoms with Gasteiger partial charge >= 0.3 is 12.1 Å². The minimum Gasteiger partial charge on any atom is -0.478 e. The van der Waals surface area contributed by atoms with Gasteiger partial charge < -0.3 is 15.2 Å². The molecule has 0 aliphatic carbocycles. The first-order valence-electron chi connectivity index (χ1n) is 10.0. The third-order valence-corrected chi connectivity index (χ3v) is 5.88. The number of alkyl halides is 3. The highest BCUT2D eigenvalue weighted by molar-refractivity contribution is 7.13. The first-order valence-corrected chi connectivity index (χ1v) is 10.8. The molecule has 1 amide bonds. The van der Waals surface area contributed by atoms with Crippen LogP contribution in [0.15, 0.2) is 66.7 Å². The van der Waals surface area contributed by atoms with E-state index in [2.05, 4.69) is 9.69 Å². The van der Waals surface area contributed by atoms with Gasteiger partial charge in [-0.15, -0.1) is 0 Å².